The summed E-state index contributed by atoms with van der Waals surface area (Å²) in [5.74, 6) is 1.15. The first-order valence-electron chi connectivity index (χ1n) is 7.45. The molecule has 1 radical (unpaired) electrons. The minimum absolute atomic E-state index is 0.00261. The SMILES string of the molecule is N#Cc1cccc(Oc2cnc([NH])c(-c3nc4ccccc4[nH]3)n2)c1. The molecule has 0 spiro atoms. The maximum Gasteiger partial charge on any atom is 0.238 e. The molecule has 0 aliphatic heterocycles. The number of hydrogen-bond acceptors (Lipinski definition) is 5. The number of nitriles is 1. The molecule has 2 N–H and O–H groups in total. The van der Waals surface area contributed by atoms with Crippen LogP contribution in [0.15, 0.2) is 54.7 Å². The van der Waals surface area contributed by atoms with Gasteiger partial charge in [0.05, 0.1) is 28.9 Å². The van der Waals surface area contributed by atoms with Crippen molar-refractivity contribution in [2.24, 2.45) is 0 Å². The zero-order valence-corrected chi connectivity index (χ0v) is 12.9. The predicted molar refractivity (Wildman–Crippen MR) is 91.1 cm³/mol. The van der Waals surface area contributed by atoms with Crippen LogP contribution in [0.3, 0.4) is 0 Å². The molecule has 0 aliphatic carbocycles. The number of rotatable bonds is 3. The number of benzene rings is 2. The van der Waals surface area contributed by atoms with E-state index in [0.717, 1.165) is 11.0 Å². The van der Waals surface area contributed by atoms with Crippen molar-refractivity contribution < 1.29 is 4.74 Å². The van der Waals surface area contributed by atoms with Gasteiger partial charge in [0, 0.05) is 0 Å². The standard InChI is InChI=1S/C18H11N6O/c19-9-11-4-3-5-12(8-11)25-15-10-21-17(20)16(24-15)18-22-13-6-1-2-7-14(13)23-18/h1-8,10,20H,(H,22,23). The van der Waals surface area contributed by atoms with Gasteiger partial charge in [-0.25, -0.2) is 15.0 Å². The number of H-pyrrole nitrogens is 1. The fourth-order valence-electron chi connectivity index (χ4n) is 2.40. The molecule has 7 heteroatoms. The molecule has 2 aromatic carbocycles. The summed E-state index contributed by atoms with van der Waals surface area (Å²) in [7, 11) is 0. The molecule has 2 aromatic heterocycles. The Kier molecular flexibility index (Phi) is 3.48. The Bertz CT molecular complexity index is 1080. The highest BCUT2D eigenvalue weighted by atomic mass is 16.5. The zero-order chi connectivity index (χ0) is 17.2. The lowest BCUT2D eigenvalue weighted by atomic mass is 10.2. The van der Waals surface area contributed by atoms with E-state index >= 15 is 0 Å². The Morgan fingerprint density at radius 1 is 1.08 bits per heavy atom. The Balaban J connectivity index is 1.72. The van der Waals surface area contributed by atoms with Crippen LogP contribution in [0, 0.1) is 11.3 Å². The van der Waals surface area contributed by atoms with Gasteiger partial charge in [-0.1, -0.05) is 18.2 Å². The molecule has 25 heavy (non-hydrogen) atoms. The van der Waals surface area contributed by atoms with E-state index < -0.39 is 0 Å². The van der Waals surface area contributed by atoms with Crippen molar-refractivity contribution >= 4 is 16.9 Å². The van der Waals surface area contributed by atoms with Crippen LogP contribution in [0.2, 0.25) is 0 Å². The van der Waals surface area contributed by atoms with Gasteiger partial charge in [-0.3, -0.25) is 5.73 Å². The molecule has 119 valence electrons. The van der Waals surface area contributed by atoms with Gasteiger partial charge in [-0.2, -0.15) is 5.26 Å². The second kappa shape index (κ2) is 5.94. The number of aromatic amines is 1. The summed E-state index contributed by atoms with van der Waals surface area (Å²) >= 11 is 0. The number of aromatic nitrogens is 4. The monoisotopic (exact) mass is 327 g/mol. The second-order valence-corrected chi connectivity index (χ2v) is 5.25. The van der Waals surface area contributed by atoms with Crippen LogP contribution in [-0.2, 0) is 0 Å². The van der Waals surface area contributed by atoms with Gasteiger partial charge in [0.1, 0.15) is 5.75 Å². The predicted octanol–water partition coefficient (Wildman–Crippen LogP) is 3.60. The van der Waals surface area contributed by atoms with Gasteiger partial charge in [-0.05, 0) is 30.3 Å². The third-order valence-electron chi connectivity index (χ3n) is 3.55. The summed E-state index contributed by atoms with van der Waals surface area (Å²) < 4.78 is 5.66. The quantitative estimate of drug-likeness (QED) is 0.618. The van der Waals surface area contributed by atoms with Crippen LogP contribution in [-0.4, -0.2) is 19.9 Å². The first kappa shape index (κ1) is 14.7. The van der Waals surface area contributed by atoms with Gasteiger partial charge < -0.3 is 9.72 Å². The smallest absolute Gasteiger partial charge is 0.238 e. The molecule has 0 amide bonds. The third kappa shape index (κ3) is 2.84. The van der Waals surface area contributed by atoms with Gasteiger partial charge in [0.15, 0.2) is 17.3 Å². The van der Waals surface area contributed by atoms with Crippen LogP contribution in [0.4, 0.5) is 5.82 Å². The van der Waals surface area contributed by atoms with Crippen LogP contribution < -0.4 is 10.5 Å². The Morgan fingerprint density at radius 3 is 2.80 bits per heavy atom. The van der Waals surface area contributed by atoms with Crippen molar-refractivity contribution in [3.63, 3.8) is 0 Å². The third-order valence-corrected chi connectivity index (χ3v) is 3.55. The lowest BCUT2D eigenvalue weighted by molar-refractivity contribution is 0.460. The van der Waals surface area contributed by atoms with E-state index in [-0.39, 0.29) is 11.7 Å². The van der Waals surface area contributed by atoms with Gasteiger partial charge in [-0.15, -0.1) is 0 Å². The van der Waals surface area contributed by atoms with E-state index in [2.05, 4.69) is 26.0 Å². The van der Waals surface area contributed by atoms with Crippen LogP contribution >= 0.6 is 0 Å². The maximum absolute atomic E-state index is 8.96. The minimum Gasteiger partial charge on any atom is -0.437 e. The Morgan fingerprint density at radius 2 is 1.96 bits per heavy atom. The fourth-order valence-corrected chi connectivity index (χ4v) is 2.40. The molecule has 0 saturated heterocycles. The first-order valence-corrected chi connectivity index (χ1v) is 7.45. The Hall–Kier alpha value is -3.92. The molecule has 4 rings (SSSR count). The number of ether oxygens (including phenoxy) is 1. The highest BCUT2D eigenvalue weighted by Gasteiger charge is 2.13. The number of nitrogens with zero attached hydrogens (tertiary/aromatic N) is 4. The average molecular weight is 327 g/mol. The molecule has 0 unspecified atom stereocenters. The van der Waals surface area contributed by atoms with Crippen molar-refractivity contribution in [1.29, 1.82) is 5.26 Å². The second-order valence-electron chi connectivity index (χ2n) is 5.25. The summed E-state index contributed by atoms with van der Waals surface area (Å²) in [5, 5.41) is 8.96. The van der Waals surface area contributed by atoms with E-state index in [1.807, 2.05) is 24.3 Å². The van der Waals surface area contributed by atoms with E-state index in [1.54, 1.807) is 24.3 Å². The summed E-state index contributed by atoms with van der Waals surface area (Å²) in [6.07, 6.45) is 1.37. The number of para-hydroxylation sites is 2. The summed E-state index contributed by atoms with van der Waals surface area (Å²) in [6, 6.07) is 16.4. The van der Waals surface area contributed by atoms with Crippen LogP contribution in [0.25, 0.3) is 22.6 Å². The molecule has 0 saturated carbocycles. The first-order chi connectivity index (χ1) is 12.2. The van der Waals surface area contributed by atoms with Crippen molar-refractivity contribution in [3.05, 3.63) is 60.3 Å². The number of fused-ring (bicyclic) bond motifs is 1. The van der Waals surface area contributed by atoms with Gasteiger partial charge in [0.25, 0.3) is 0 Å². The molecule has 0 atom stereocenters. The lowest BCUT2D eigenvalue weighted by Crippen LogP contribution is -1.96. The molecule has 0 aliphatic rings. The largest absolute Gasteiger partial charge is 0.437 e. The van der Waals surface area contributed by atoms with Crippen molar-refractivity contribution in [2.45, 2.75) is 0 Å². The van der Waals surface area contributed by atoms with Crippen LogP contribution in [0.5, 0.6) is 11.6 Å². The average Bonchev–Trinajstić information content (AvgIpc) is 3.07. The summed E-state index contributed by atoms with van der Waals surface area (Å²) in [4.78, 5) is 15.9. The van der Waals surface area contributed by atoms with E-state index in [9.17, 15) is 0 Å². The van der Waals surface area contributed by atoms with E-state index in [1.165, 1.54) is 6.20 Å². The molecule has 2 heterocycles. The van der Waals surface area contributed by atoms with Crippen molar-refractivity contribution in [1.82, 2.24) is 25.7 Å². The van der Waals surface area contributed by atoms with Crippen molar-refractivity contribution in [3.8, 4) is 29.2 Å². The van der Waals surface area contributed by atoms with E-state index in [4.69, 9.17) is 15.7 Å². The number of imidazole rings is 1. The fraction of sp³-hybridized carbons (Fsp3) is 0. The lowest BCUT2D eigenvalue weighted by Gasteiger charge is -2.06. The highest BCUT2D eigenvalue weighted by molar-refractivity contribution is 5.80. The normalized spacial score (nSPS) is 10.5. The van der Waals surface area contributed by atoms with Crippen LogP contribution in [0.1, 0.15) is 5.56 Å². The van der Waals surface area contributed by atoms with E-state index in [0.29, 0.717) is 22.8 Å². The maximum atomic E-state index is 8.96. The summed E-state index contributed by atoms with van der Waals surface area (Å²) in [5.41, 5.74) is 10.4. The number of nitrogens with one attached hydrogen (secondary N) is 2. The molecule has 0 bridgehead atoms. The topological polar surface area (TPSA) is 111 Å². The minimum atomic E-state index is -0.00261. The molecule has 7 nitrogen and oxygen atoms in total. The molecule has 4 aromatic rings. The van der Waals surface area contributed by atoms with Gasteiger partial charge >= 0.3 is 0 Å². The number of hydrogen-bond donors (Lipinski definition) is 1. The van der Waals surface area contributed by atoms with Crippen molar-refractivity contribution in [2.75, 3.05) is 0 Å². The summed E-state index contributed by atoms with van der Waals surface area (Å²) in [6.45, 7) is 0. The van der Waals surface area contributed by atoms with Gasteiger partial charge in [0.2, 0.25) is 5.88 Å². The molecular weight excluding hydrogens is 316 g/mol. The Labute approximate surface area is 142 Å². The molecule has 0 fully saturated rings. The zero-order valence-electron chi connectivity index (χ0n) is 12.9. The highest BCUT2D eigenvalue weighted by Crippen LogP contribution is 2.27. The molecular formula is C18H11N6O.